The number of hydrogen-bond donors (Lipinski definition) is 0. The first-order valence-corrected chi connectivity index (χ1v) is 10.1. The lowest BCUT2D eigenvalue weighted by atomic mass is 10.0. The third-order valence-electron chi connectivity index (χ3n) is 5.90. The van der Waals surface area contributed by atoms with Crippen LogP contribution in [0.1, 0.15) is 46.9 Å². The van der Waals surface area contributed by atoms with Gasteiger partial charge in [0.1, 0.15) is 5.56 Å². The largest absolute Gasteiger partial charge is 0.337 e. The lowest BCUT2D eigenvalue weighted by Gasteiger charge is -2.37. The number of hydrogen-bond acceptors (Lipinski definition) is 3. The third kappa shape index (κ3) is 4.20. The number of piperidine rings is 1. The number of likely N-dealkylation sites (tertiary alicyclic amines) is 1. The summed E-state index contributed by atoms with van der Waals surface area (Å²) >= 11 is 0. The predicted octanol–water partition coefficient (Wildman–Crippen LogP) is 2.99. The number of aryl methyl sites for hydroxylation is 1. The van der Waals surface area contributed by atoms with Crippen LogP contribution in [0, 0.1) is 6.92 Å². The van der Waals surface area contributed by atoms with Gasteiger partial charge >= 0.3 is 0 Å². The highest BCUT2D eigenvalue weighted by atomic mass is 16.2. The van der Waals surface area contributed by atoms with Crippen LogP contribution in [0.15, 0.2) is 41.2 Å². The minimum absolute atomic E-state index is 0.135. The van der Waals surface area contributed by atoms with Gasteiger partial charge < -0.3 is 9.47 Å². The van der Waals surface area contributed by atoms with Gasteiger partial charge in [0, 0.05) is 38.4 Å². The van der Waals surface area contributed by atoms with Crippen LogP contribution in [0.2, 0.25) is 0 Å². The first-order valence-electron chi connectivity index (χ1n) is 10.1. The van der Waals surface area contributed by atoms with E-state index in [0.29, 0.717) is 24.7 Å². The van der Waals surface area contributed by atoms with Crippen molar-refractivity contribution in [2.45, 2.75) is 45.7 Å². The number of aromatic nitrogens is 1. The average molecular weight is 382 g/mol. The maximum Gasteiger partial charge on any atom is 0.263 e. The van der Waals surface area contributed by atoms with E-state index in [1.165, 1.54) is 5.56 Å². The van der Waals surface area contributed by atoms with E-state index in [4.69, 9.17) is 0 Å². The van der Waals surface area contributed by atoms with E-state index in [9.17, 15) is 9.59 Å². The highest BCUT2D eigenvalue weighted by molar-refractivity contribution is 5.94. The molecule has 0 saturated carbocycles. The van der Waals surface area contributed by atoms with Crippen molar-refractivity contribution >= 4 is 5.91 Å². The SMILES string of the molecule is CCc1c(C)cc(C(=O)N2CCCC(N(C)Cc3ccccc3)C2)c(=O)n1C. The lowest BCUT2D eigenvalue weighted by molar-refractivity contribution is 0.0600. The van der Waals surface area contributed by atoms with Crippen LogP contribution in [0.4, 0.5) is 0 Å². The van der Waals surface area contributed by atoms with Crippen LogP contribution < -0.4 is 5.56 Å². The number of pyridine rings is 1. The van der Waals surface area contributed by atoms with Crippen LogP contribution in [0.5, 0.6) is 0 Å². The number of amides is 1. The summed E-state index contributed by atoms with van der Waals surface area (Å²) in [4.78, 5) is 30.1. The molecule has 1 fully saturated rings. The number of carbonyl (C=O) groups excluding carboxylic acids is 1. The van der Waals surface area contributed by atoms with Gasteiger partial charge in [-0.25, -0.2) is 0 Å². The van der Waals surface area contributed by atoms with Gasteiger partial charge in [0.05, 0.1) is 0 Å². The van der Waals surface area contributed by atoms with E-state index in [1.54, 1.807) is 17.7 Å². The van der Waals surface area contributed by atoms with E-state index in [0.717, 1.165) is 37.1 Å². The molecule has 0 aliphatic carbocycles. The Balaban J connectivity index is 1.75. The van der Waals surface area contributed by atoms with Crippen LogP contribution in [-0.4, -0.2) is 46.5 Å². The first kappa shape index (κ1) is 20.3. The van der Waals surface area contributed by atoms with Gasteiger partial charge in [-0.1, -0.05) is 37.3 Å². The van der Waals surface area contributed by atoms with E-state index in [2.05, 4.69) is 36.2 Å². The molecule has 2 heterocycles. The number of rotatable bonds is 5. The fourth-order valence-corrected chi connectivity index (χ4v) is 4.27. The summed E-state index contributed by atoms with van der Waals surface area (Å²) in [6.07, 6.45) is 2.81. The molecule has 28 heavy (non-hydrogen) atoms. The number of benzene rings is 1. The number of nitrogens with zero attached hydrogens (tertiary/aromatic N) is 3. The smallest absolute Gasteiger partial charge is 0.263 e. The monoisotopic (exact) mass is 381 g/mol. The van der Waals surface area contributed by atoms with E-state index >= 15 is 0 Å². The van der Waals surface area contributed by atoms with E-state index < -0.39 is 0 Å². The molecule has 1 aliphatic rings. The van der Waals surface area contributed by atoms with Crippen molar-refractivity contribution in [3.63, 3.8) is 0 Å². The van der Waals surface area contributed by atoms with Crippen molar-refractivity contribution in [1.29, 1.82) is 0 Å². The van der Waals surface area contributed by atoms with Crippen LogP contribution in [-0.2, 0) is 20.0 Å². The third-order valence-corrected chi connectivity index (χ3v) is 5.90. The Hall–Kier alpha value is -2.40. The molecule has 150 valence electrons. The highest BCUT2D eigenvalue weighted by Gasteiger charge is 2.28. The molecule has 1 aliphatic heterocycles. The second-order valence-electron chi connectivity index (χ2n) is 7.85. The number of carbonyl (C=O) groups is 1. The van der Waals surface area contributed by atoms with Gasteiger partial charge in [0.15, 0.2) is 0 Å². The van der Waals surface area contributed by atoms with Crippen LogP contribution in [0.25, 0.3) is 0 Å². The first-order chi connectivity index (χ1) is 13.4. The summed E-state index contributed by atoms with van der Waals surface area (Å²) < 4.78 is 1.63. The molecule has 0 radical (unpaired) electrons. The fraction of sp³-hybridized carbons (Fsp3) is 0.478. The molecule has 3 rings (SSSR count). The summed E-state index contributed by atoms with van der Waals surface area (Å²) in [5.74, 6) is -0.135. The van der Waals surface area contributed by atoms with Gasteiger partial charge in [-0.3, -0.25) is 14.5 Å². The molecule has 0 bridgehead atoms. The summed E-state index contributed by atoms with van der Waals surface area (Å²) in [5.41, 5.74) is 3.37. The van der Waals surface area contributed by atoms with E-state index in [1.807, 2.05) is 24.8 Å². The molecule has 2 aromatic rings. The van der Waals surface area contributed by atoms with Crippen LogP contribution >= 0.6 is 0 Å². The molecule has 1 aromatic heterocycles. The zero-order valence-corrected chi connectivity index (χ0v) is 17.4. The fourth-order valence-electron chi connectivity index (χ4n) is 4.27. The van der Waals surface area contributed by atoms with Crippen molar-refractivity contribution in [3.05, 3.63) is 69.1 Å². The van der Waals surface area contributed by atoms with Gasteiger partial charge in [-0.05, 0) is 50.4 Å². The zero-order valence-electron chi connectivity index (χ0n) is 17.4. The molecule has 1 amide bonds. The zero-order chi connectivity index (χ0) is 20.3. The van der Waals surface area contributed by atoms with Gasteiger partial charge in [0.2, 0.25) is 0 Å². The maximum atomic E-state index is 13.1. The number of likely N-dealkylation sites (N-methyl/N-ethyl adjacent to an activating group) is 1. The Kier molecular flexibility index (Phi) is 6.35. The van der Waals surface area contributed by atoms with Gasteiger partial charge in [-0.2, -0.15) is 0 Å². The standard InChI is InChI=1S/C23H31N3O2/c1-5-21-17(2)14-20(22(27)25(21)4)23(28)26-13-9-12-19(16-26)24(3)15-18-10-7-6-8-11-18/h6-8,10-11,14,19H,5,9,12-13,15-16H2,1-4H3. The predicted molar refractivity (Wildman–Crippen MR) is 113 cm³/mol. The summed E-state index contributed by atoms with van der Waals surface area (Å²) in [6, 6.07) is 12.5. The van der Waals surface area contributed by atoms with Gasteiger partial charge in [-0.15, -0.1) is 0 Å². The van der Waals surface area contributed by atoms with Crippen molar-refractivity contribution in [2.24, 2.45) is 7.05 Å². The second-order valence-corrected chi connectivity index (χ2v) is 7.85. The Bertz CT molecular complexity index is 889. The molecule has 5 heteroatoms. The normalized spacial score (nSPS) is 17.2. The van der Waals surface area contributed by atoms with Crippen LogP contribution in [0.3, 0.4) is 0 Å². The van der Waals surface area contributed by atoms with Crippen molar-refractivity contribution in [3.8, 4) is 0 Å². The minimum Gasteiger partial charge on any atom is -0.337 e. The van der Waals surface area contributed by atoms with Crippen molar-refractivity contribution < 1.29 is 4.79 Å². The molecule has 1 aromatic carbocycles. The van der Waals surface area contributed by atoms with Crippen molar-refractivity contribution in [1.82, 2.24) is 14.4 Å². The molecule has 0 N–H and O–H groups in total. The Morgan fingerprint density at radius 3 is 2.64 bits per heavy atom. The quantitative estimate of drug-likeness (QED) is 0.800. The maximum absolute atomic E-state index is 13.1. The van der Waals surface area contributed by atoms with Gasteiger partial charge in [0.25, 0.3) is 11.5 Å². The van der Waals surface area contributed by atoms with E-state index in [-0.39, 0.29) is 11.5 Å². The van der Waals surface area contributed by atoms with Crippen molar-refractivity contribution in [2.75, 3.05) is 20.1 Å². The molecular formula is C23H31N3O2. The topological polar surface area (TPSA) is 45.6 Å². The average Bonchev–Trinajstić information content (AvgIpc) is 2.71. The molecule has 5 nitrogen and oxygen atoms in total. The lowest BCUT2D eigenvalue weighted by Crippen LogP contribution is -2.49. The molecular weight excluding hydrogens is 350 g/mol. The molecule has 1 unspecified atom stereocenters. The summed E-state index contributed by atoms with van der Waals surface area (Å²) in [6.45, 7) is 6.24. The Morgan fingerprint density at radius 2 is 1.96 bits per heavy atom. The Morgan fingerprint density at radius 1 is 1.25 bits per heavy atom. The summed E-state index contributed by atoms with van der Waals surface area (Å²) in [7, 11) is 3.88. The highest BCUT2D eigenvalue weighted by Crippen LogP contribution is 2.19. The summed E-state index contributed by atoms with van der Waals surface area (Å²) in [5, 5.41) is 0. The molecule has 1 atom stereocenters. The minimum atomic E-state index is -0.188. The molecule has 0 spiro atoms. The molecule has 1 saturated heterocycles. The second kappa shape index (κ2) is 8.74. The Labute approximate surface area is 167 Å².